The van der Waals surface area contributed by atoms with Gasteiger partial charge in [-0.3, -0.25) is 0 Å². The molecule has 2 aliphatic heterocycles. The first-order valence-electron chi connectivity index (χ1n) is 5.86. The zero-order valence-electron chi connectivity index (χ0n) is 8.76. The SMILES string of the molecule is CCCN1CCC2NCCCC2C1. The predicted octanol–water partition coefficient (Wildman–Crippen LogP) is 1.47. The van der Waals surface area contributed by atoms with E-state index in [1.165, 1.54) is 51.9 Å². The van der Waals surface area contributed by atoms with Crippen molar-refractivity contribution >= 4 is 0 Å². The number of rotatable bonds is 2. The zero-order valence-corrected chi connectivity index (χ0v) is 8.76. The van der Waals surface area contributed by atoms with Gasteiger partial charge in [-0.1, -0.05) is 6.92 Å². The molecule has 0 spiro atoms. The molecule has 2 heteroatoms. The van der Waals surface area contributed by atoms with Crippen molar-refractivity contribution in [2.24, 2.45) is 5.92 Å². The summed E-state index contributed by atoms with van der Waals surface area (Å²) in [5.41, 5.74) is 0. The van der Waals surface area contributed by atoms with E-state index in [2.05, 4.69) is 17.1 Å². The van der Waals surface area contributed by atoms with E-state index in [1.54, 1.807) is 0 Å². The quantitative estimate of drug-likeness (QED) is 0.695. The van der Waals surface area contributed by atoms with Crippen LogP contribution >= 0.6 is 0 Å². The van der Waals surface area contributed by atoms with Crippen LogP contribution in [0.3, 0.4) is 0 Å². The molecule has 2 aliphatic rings. The lowest BCUT2D eigenvalue weighted by Gasteiger charge is -2.41. The Balaban J connectivity index is 1.84. The van der Waals surface area contributed by atoms with Gasteiger partial charge >= 0.3 is 0 Å². The van der Waals surface area contributed by atoms with Gasteiger partial charge in [0.2, 0.25) is 0 Å². The van der Waals surface area contributed by atoms with E-state index < -0.39 is 0 Å². The summed E-state index contributed by atoms with van der Waals surface area (Å²) in [6, 6.07) is 0.849. The molecule has 0 aliphatic carbocycles. The van der Waals surface area contributed by atoms with Crippen molar-refractivity contribution in [1.82, 2.24) is 10.2 Å². The van der Waals surface area contributed by atoms with E-state index in [0.717, 1.165) is 12.0 Å². The normalized spacial score (nSPS) is 35.8. The Bertz CT molecular complexity index is 158. The van der Waals surface area contributed by atoms with Crippen LogP contribution < -0.4 is 5.32 Å². The van der Waals surface area contributed by atoms with Gasteiger partial charge in [0.15, 0.2) is 0 Å². The fourth-order valence-electron chi connectivity index (χ4n) is 2.84. The van der Waals surface area contributed by atoms with E-state index in [1.807, 2.05) is 0 Å². The molecule has 0 amide bonds. The first-order chi connectivity index (χ1) is 6.40. The molecule has 2 atom stereocenters. The van der Waals surface area contributed by atoms with E-state index in [0.29, 0.717) is 0 Å². The smallest absolute Gasteiger partial charge is 0.0120 e. The first-order valence-corrected chi connectivity index (χ1v) is 5.86. The average Bonchev–Trinajstić information content (AvgIpc) is 2.18. The molecule has 13 heavy (non-hydrogen) atoms. The summed E-state index contributed by atoms with van der Waals surface area (Å²) in [5, 5.41) is 3.66. The molecule has 2 rings (SSSR count). The van der Waals surface area contributed by atoms with Gasteiger partial charge < -0.3 is 10.2 Å². The Morgan fingerprint density at radius 3 is 3.15 bits per heavy atom. The molecule has 2 nitrogen and oxygen atoms in total. The Morgan fingerprint density at radius 1 is 1.38 bits per heavy atom. The average molecular weight is 182 g/mol. The lowest BCUT2D eigenvalue weighted by Crippen LogP contribution is -2.52. The Labute approximate surface area is 81.7 Å². The van der Waals surface area contributed by atoms with Crippen molar-refractivity contribution in [2.45, 2.75) is 38.6 Å². The van der Waals surface area contributed by atoms with Crippen molar-refractivity contribution in [3.05, 3.63) is 0 Å². The first kappa shape index (κ1) is 9.47. The minimum absolute atomic E-state index is 0.849. The van der Waals surface area contributed by atoms with Crippen LogP contribution in [0.5, 0.6) is 0 Å². The number of fused-ring (bicyclic) bond motifs is 1. The van der Waals surface area contributed by atoms with Crippen LogP contribution in [0.25, 0.3) is 0 Å². The van der Waals surface area contributed by atoms with Crippen LogP contribution in [0.2, 0.25) is 0 Å². The highest BCUT2D eigenvalue weighted by Gasteiger charge is 2.30. The van der Waals surface area contributed by atoms with Gasteiger partial charge in [0.05, 0.1) is 0 Å². The van der Waals surface area contributed by atoms with Crippen molar-refractivity contribution in [3.63, 3.8) is 0 Å². The van der Waals surface area contributed by atoms with Crippen molar-refractivity contribution < 1.29 is 0 Å². The van der Waals surface area contributed by atoms with Gasteiger partial charge in [-0.2, -0.15) is 0 Å². The fourth-order valence-corrected chi connectivity index (χ4v) is 2.84. The van der Waals surface area contributed by atoms with Crippen LogP contribution in [0.4, 0.5) is 0 Å². The molecule has 0 aromatic carbocycles. The fraction of sp³-hybridized carbons (Fsp3) is 1.00. The largest absolute Gasteiger partial charge is 0.314 e. The van der Waals surface area contributed by atoms with Gasteiger partial charge in [0.1, 0.15) is 0 Å². The third-order valence-corrected chi connectivity index (χ3v) is 3.52. The van der Waals surface area contributed by atoms with E-state index in [9.17, 15) is 0 Å². The molecule has 76 valence electrons. The third kappa shape index (κ3) is 2.23. The standard InChI is InChI=1S/C11H22N2/c1-2-7-13-8-5-11-10(9-13)4-3-6-12-11/h10-12H,2-9H2,1H3. The lowest BCUT2D eigenvalue weighted by molar-refractivity contribution is 0.114. The number of hydrogen-bond donors (Lipinski definition) is 1. The Hall–Kier alpha value is -0.0800. The minimum atomic E-state index is 0.849. The third-order valence-electron chi connectivity index (χ3n) is 3.52. The monoisotopic (exact) mass is 182 g/mol. The Kier molecular flexibility index (Phi) is 3.23. The molecule has 0 aromatic heterocycles. The second kappa shape index (κ2) is 4.43. The zero-order chi connectivity index (χ0) is 9.10. The molecule has 2 saturated heterocycles. The Morgan fingerprint density at radius 2 is 2.31 bits per heavy atom. The van der Waals surface area contributed by atoms with Crippen LogP contribution in [0, 0.1) is 5.92 Å². The van der Waals surface area contributed by atoms with Crippen molar-refractivity contribution in [1.29, 1.82) is 0 Å². The number of nitrogens with one attached hydrogen (secondary N) is 1. The molecule has 0 radical (unpaired) electrons. The summed E-state index contributed by atoms with van der Waals surface area (Å²) in [6.07, 6.45) is 5.54. The van der Waals surface area contributed by atoms with E-state index in [4.69, 9.17) is 0 Å². The van der Waals surface area contributed by atoms with E-state index in [-0.39, 0.29) is 0 Å². The van der Waals surface area contributed by atoms with Gasteiger partial charge in [0.25, 0.3) is 0 Å². The summed E-state index contributed by atoms with van der Waals surface area (Å²) in [5.74, 6) is 0.953. The van der Waals surface area contributed by atoms with Crippen LogP contribution in [0.1, 0.15) is 32.6 Å². The number of nitrogens with zero attached hydrogens (tertiary/aromatic N) is 1. The topological polar surface area (TPSA) is 15.3 Å². The highest BCUT2D eigenvalue weighted by Crippen LogP contribution is 2.24. The summed E-state index contributed by atoms with van der Waals surface area (Å²) >= 11 is 0. The van der Waals surface area contributed by atoms with Crippen molar-refractivity contribution in [3.8, 4) is 0 Å². The maximum absolute atomic E-state index is 3.66. The molecule has 2 fully saturated rings. The molecule has 1 N–H and O–H groups in total. The second-order valence-electron chi connectivity index (χ2n) is 4.55. The van der Waals surface area contributed by atoms with Crippen LogP contribution in [-0.2, 0) is 0 Å². The molecule has 2 unspecified atom stereocenters. The molecule has 0 bridgehead atoms. The summed E-state index contributed by atoms with van der Waals surface area (Å²) in [6.45, 7) is 7.52. The van der Waals surface area contributed by atoms with Crippen LogP contribution in [0.15, 0.2) is 0 Å². The van der Waals surface area contributed by atoms with Crippen molar-refractivity contribution in [2.75, 3.05) is 26.2 Å². The maximum Gasteiger partial charge on any atom is 0.0120 e. The summed E-state index contributed by atoms with van der Waals surface area (Å²) in [4.78, 5) is 2.65. The number of likely N-dealkylation sites (tertiary alicyclic amines) is 1. The molecular formula is C11H22N2. The van der Waals surface area contributed by atoms with Gasteiger partial charge in [-0.25, -0.2) is 0 Å². The number of hydrogen-bond acceptors (Lipinski definition) is 2. The summed E-state index contributed by atoms with van der Waals surface area (Å²) in [7, 11) is 0. The second-order valence-corrected chi connectivity index (χ2v) is 4.55. The highest BCUT2D eigenvalue weighted by molar-refractivity contribution is 4.87. The molecule has 0 aromatic rings. The summed E-state index contributed by atoms with van der Waals surface area (Å²) < 4.78 is 0. The highest BCUT2D eigenvalue weighted by atomic mass is 15.1. The minimum Gasteiger partial charge on any atom is -0.314 e. The molecule has 0 saturated carbocycles. The number of piperidine rings is 2. The lowest BCUT2D eigenvalue weighted by atomic mass is 9.85. The molecule has 2 heterocycles. The van der Waals surface area contributed by atoms with Crippen LogP contribution in [-0.4, -0.2) is 37.1 Å². The van der Waals surface area contributed by atoms with E-state index >= 15 is 0 Å². The van der Waals surface area contributed by atoms with Gasteiger partial charge in [0, 0.05) is 12.6 Å². The predicted molar refractivity (Wildman–Crippen MR) is 55.9 cm³/mol. The molecular weight excluding hydrogens is 160 g/mol. The maximum atomic E-state index is 3.66. The van der Waals surface area contributed by atoms with Gasteiger partial charge in [-0.15, -0.1) is 0 Å². The van der Waals surface area contributed by atoms with Gasteiger partial charge in [-0.05, 0) is 51.2 Å².